The molecule has 0 unspecified atom stereocenters. The van der Waals surface area contributed by atoms with Gasteiger partial charge in [-0.3, -0.25) is 14.4 Å². The van der Waals surface area contributed by atoms with E-state index in [0.29, 0.717) is 17.1 Å². The van der Waals surface area contributed by atoms with Crippen LogP contribution >= 0.6 is 11.8 Å². The maximum Gasteiger partial charge on any atom is 0.313 e. The number of hydrogen-bond donors (Lipinski definition) is 3. The van der Waals surface area contributed by atoms with Gasteiger partial charge in [-0.05, 0) is 18.2 Å². The van der Waals surface area contributed by atoms with Crippen LogP contribution in [0.2, 0.25) is 0 Å². The van der Waals surface area contributed by atoms with Crippen molar-refractivity contribution in [1.29, 1.82) is 0 Å². The van der Waals surface area contributed by atoms with E-state index >= 15 is 0 Å². The predicted octanol–water partition coefficient (Wildman–Crippen LogP) is 1.41. The average molecular weight is 312 g/mol. The van der Waals surface area contributed by atoms with Crippen molar-refractivity contribution in [2.75, 3.05) is 29.2 Å². The Labute approximate surface area is 126 Å². The minimum Gasteiger partial charge on any atom is -0.495 e. The molecule has 0 saturated heterocycles. The number of aliphatic carboxylic acids is 1. The van der Waals surface area contributed by atoms with E-state index in [1.807, 2.05) is 0 Å². The summed E-state index contributed by atoms with van der Waals surface area (Å²) in [5, 5.41) is 13.7. The number of ether oxygens (including phenoxy) is 1. The maximum absolute atomic E-state index is 11.6. The molecule has 3 N–H and O–H groups in total. The molecule has 0 bridgehead atoms. The molecular weight excluding hydrogens is 296 g/mol. The van der Waals surface area contributed by atoms with E-state index in [1.165, 1.54) is 14.0 Å². The van der Waals surface area contributed by atoms with E-state index in [9.17, 15) is 14.4 Å². The zero-order valence-electron chi connectivity index (χ0n) is 11.6. The van der Waals surface area contributed by atoms with Crippen molar-refractivity contribution in [2.24, 2.45) is 0 Å². The van der Waals surface area contributed by atoms with Crippen LogP contribution in [-0.2, 0) is 14.4 Å². The Bertz CT molecular complexity index is 547. The quantitative estimate of drug-likeness (QED) is 0.703. The fourth-order valence-electron chi connectivity index (χ4n) is 1.50. The second-order valence-electron chi connectivity index (χ2n) is 4.03. The Morgan fingerprint density at radius 1 is 1.24 bits per heavy atom. The van der Waals surface area contributed by atoms with E-state index < -0.39 is 5.97 Å². The first kappa shape index (κ1) is 16.8. The Morgan fingerprint density at radius 3 is 2.52 bits per heavy atom. The topological polar surface area (TPSA) is 105 Å². The summed E-state index contributed by atoms with van der Waals surface area (Å²) >= 11 is 1.01. The first-order chi connectivity index (χ1) is 9.92. The molecule has 1 aromatic rings. The monoisotopic (exact) mass is 312 g/mol. The summed E-state index contributed by atoms with van der Waals surface area (Å²) in [5.74, 6) is -1.16. The van der Waals surface area contributed by atoms with Gasteiger partial charge in [-0.25, -0.2) is 0 Å². The molecule has 0 saturated carbocycles. The van der Waals surface area contributed by atoms with Crippen molar-refractivity contribution in [2.45, 2.75) is 6.92 Å². The third kappa shape index (κ3) is 6.17. The SMILES string of the molecule is COc1ccc(NC(=O)CSCC(=O)O)cc1NC(C)=O. The van der Waals surface area contributed by atoms with Crippen LogP contribution in [0.25, 0.3) is 0 Å². The number of rotatable bonds is 7. The van der Waals surface area contributed by atoms with Gasteiger partial charge in [-0.15, -0.1) is 11.8 Å². The molecule has 2 amide bonds. The van der Waals surface area contributed by atoms with Crippen LogP contribution in [0.15, 0.2) is 18.2 Å². The maximum atomic E-state index is 11.6. The van der Waals surface area contributed by atoms with E-state index in [-0.39, 0.29) is 23.3 Å². The number of carbonyl (C=O) groups is 3. The molecule has 8 heteroatoms. The second kappa shape index (κ2) is 8.15. The van der Waals surface area contributed by atoms with Crippen LogP contribution in [0.4, 0.5) is 11.4 Å². The van der Waals surface area contributed by atoms with Gasteiger partial charge in [-0.2, -0.15) is 0 Å². The number of anilines is 2. The molecule has 0 aliphatic rings. The molecule has 0 spiro atoms. The molecule has 0 heterocycles. The summed E-state index contributed by atoms with van der Waals surface area (Å²) in [6.07, 6.45) is 0. The Morgan fingerprint density at radius 2 is 1.95 bits per heavy atom. The lowest BCUT2D eigenvalue weighted by atomic mass is 10.2. The zero-order valence-corrected chi connectivity index (χ0v) is 12.5. The summed E-state index contributed by atoms with van der Waals surface area (Å²) < 4.78 is 5.10. The number of thioether (sulfide) groups is 1. The van der Waals surface area contributed by atoms with Crippen molar-refractivity contribution >= 4 is 40.9 Å². The van der Waals surface area contributed by atoms with Crippen LogP contribution in [0, 0.1) is 0 Å². The first-order valence-corrected chi connectivity index (χ1v) is 7.13. The fourth-order valence-corrected chi connectivity index (χ4v) is 2.04. The number of benzene rings is 1. The third-order valence-electron chi connectivity index (χ3n) is 2.25. The Hall–Kier alpha value is -2.22. The van der Waals surface area contributed by atoms with Crippen molar-refractivity contribution in [3.8, 4) is 5.75 Å². The highest BCUT2D eigenvalue weighted by molar-refractivity contribution is 8.00. The molecule has 1 aromatic carbocycles. The summed E-state index contributed by atoms with van der Waals surface area (Å²) in [6, 6.07) is 4.81. The van der Waals surface area contributed by atoms with Crippen LogP contribution in [0.3, 0.4) is 0 Å². The molecule has 0 aliphatic heterocycles. The van der Waals surface area contributed by atoms with Crippen LogP contribution in [0.1, 0.15) is 6.92 Å². The van der Waals surface area contributed by atoms with Gasteiger partial charge in [0.25, 0.3) is 0 Å². The van der Waals surface area contributed by atoms with Gasteiger partial charge in [0.1, 0.15) is 5.75 Å². The van der Waals surface area contributed by atoms with E-state index in [4.69, 9.17) is 9.84 Å². The number of carboxylic acids is 1. The highest BCUT2D eigenvalue weighted by atomic mass is 32.2. The largest absolute Gasteiger partial charge is 0.495 e. The van der Waals surface area contributed by atoms with Gasteiger partial charge in [0.2, 0.25) is 11.8 Å². The number of hydrogen-bond acceptors (Lipinski definition) is 5. The van der Waals surface area contributed by atoms with E-state index in [0.717, 1.165) is 11.8 Å². The summed E-state index contributed by atoms with van der Waals surface area (Å²) in [4.78, 5) is 33.1. The molecule has 0 fully saturated rings. The second-order valence-corrected chi connectivity index (χ2v) is 5.02. The van der Waals surface area contributed by atoms with E-state index in [2.05, 4.69) is 10.6 Å². The number of nitrogens with one attached hydrogen (secondary N) is 2. The van der Waals surface area contributed by atoms with Gasteiger partial charge in [0.05, 0.1) is 24.3 Å². The molecule has 7 nitrogen and oxygen atoms in total. The Kier molecular flexibility index (Phi) is 6.54. The minimum absolute atomic E-state index is 0.0355. The standard InChI is InChI=1S/C13H16N2O5S/c1-8(16)14-10-5-9(3-4-11(10)20-2)15-12(17)6-21-7-13(18)19/h3-5H,6-7H2,1-2H3,(H,14,16)(H,15,17)(H,18,19). The van der Waals surface area contributed by atoms with Gasteiger partial charge in [0, 0.05) is 12.6 Å². The zero-order chi connectivity index (χ0) is 15.8. The number of carbonyl (C=O) groups excluding carboxylic acids is 2. The van der Waals surface area contributed by atoms with Crippen LogP contribution in [0.5, 0.6) is 5.75 Å². The highest BCUT2D eigenvalue weighted by Gasteiger charge is 2.09. The van der Waals surface area contributed by atoms with Crippen LogP contribution < -0.4 is 15.4 Å². The molecule has 0 aliphatic carbocycles. The lowest BCUT2D eigenvalue weighted by Gasteiger charge is -2.11. The third-order valence-corrected chi connectivity index (χ3v) is 3.17. The molecule has 21 heavy (non-hydrogen) atoms. The van der Waals surface area contributed by atoms with Crippen molar-refractivity contribution in [3.05, 3.63) is 18.2 Å². The summed E-state index contributed by atoms with van der Waals surface area (Å²) in [6.45, 7) is 1.37. The highest BCUT2D eigenvalue weighted by Crippen LogP contribution is 2.27. The van der Waals surface area contributed by atoms with Crippen molar-refractivity contribution in [3.63, 3.8) is 0 Å². The smallest absolute Gasteiger partial charge is 0.313 e. The first-order valence-electron chi connectivity index (χ1n) is 5.97. The van der Waals surface area contributed by atoms with E-state index in [1.54, 1.807) is 18.2 Å². The van der Waals surface area contributed by atoms with Gasteiger partial charge in [0.15, 0.2) is 0 Å². The predicted molar refractivity (Wildman–Crippen MR) is 80.9 cm³/mol. The Balaban J connectivity index is 2.68. The fraction of sp³-hybridized carbons (Fsp3) is 0.308. The molecule has 1 rings (SSSR count). The van der Waals surface area contributed by atoms with Crippen molar-refractivity contribution < 1.29 is 24.2 Å². The molecule has 0 radical (unpaired) electrons. The minimum atomic E-state index is -0.967. The lowest BCUT2D eigenvalue weighted by molar-refractivity contribution is -0.133. The number of methoxy groups -OCH3 is 1. The molecule has 0 aromatic heterocycles. The van der Waals surface area contributed by atoms with Gasteiger partial charge >= 0.3 is 5.97 Å². The molecule has 114 valence electrons. The normalized spacial score (nSPS) is 9.81. The number of amides is 2. The number of carboxylic acid groups (broad SMARTS) is 1. The molecular formula is C13H16N2O5S. The average Bonchev–Trinajstić information content (AvgIpc) is 2.37. The van der Waals surface area contributed by atoms with Gasteiger partial charge in [-0.1, -0.05) is 0 Å². The molecule has 0 atom stereocenters. The lowest BCUT2D eigenvalue weighted by Crippen LogP contribution is -2.16. The van der Waals surface area contributed by atoms with Gasteiger partial charge < -0.3 is 20.5 Å². The summed E-state index contributed by atoms with van der Waals surface area (Å²) in [5.41, 5.74) is 0.932. The van der Waals surface area contributed by atoms with Crippen molar-refractivity contribution in [1.82, 2.24) is 0 Å². The summed E-state index contributed by atoms with van der Waals surface area (Å²) in [7, 11) is 1.47. The van der Waals surface area contributed by atoms with Crippen LogP contribution in [-0.4, -0.2) is 41.5 Å².